The Kier molecular flexibility index (Phi) is 18.2. The van der Waals surface area contributed by atoms with Gasteiger partial charge in [0.05, 0.1) is 11.8 Å². The van der Waals surface area contributed by atoms with Gasteiger partial charge >= 0.3 is 0 Å². The largest absolute Gasteiger partial charge is 0.367 e. The molecule has 117 valence electrons. The standard InChI is InChI=1S/C5H17N3O4S.C2H8N2.Co/c6-1-2-8-13(11,12)3-4(7)5(9)10;3-1-2-4;/h4-5,8-12H,1-3,6-7H2;1-4H2;. The van der Waals surface area contributed by atoms with Crippen LogP contribution >= 0.6 is 10.8 Å². The molecule has 1 atom stereocenters. The van der Waals surface area contributed by atoms with Gasteiger partial charge in [0.25, 0.3) is 0 Å². The van der Waals surface area contributed by atoms with Crippen molar-refractivity contribution in [3.8, 4) is 0 Å². The van der Waals surface area contributed by atoms with Crippen LogP contribution in [0.15, 0.2) is 0 Å². The quantitative estimate of drug-likeness (QED) is 0.214. The van der Waals surface area contributed by atoms with Crippen LogP contribution in [0.5, 0.6) is 0 Å². The Morgan fingerprint density at radius 1 is 1.00 bits per heavy atom. The normalized spacial score (nSPS) is 13.4. The van der Waals surface area contributed by atoms with Gasteiger partial charge in [0, 0.05) is 43.0 Å². The van der Waals surface area contributed by atoms with Crippen molar-refractivity contribution >= 4 is 10.8 Å². The van der Waals surface area contributed by atoms with Gasteiger partial charge in [-0.1, -0.05) is 0 Å². The Morgan fingerprint density at radius 3 is 1.72 bits per heavy atom. The molecular formula is C7H25CoN5O4S. The van der Waals surface area contributed by atoms with Gasteiger partial charge in [-0.05, 0) is 0 Å². The number of hydrogen-bond acceptors (Lipinski definition) is 9. The summed E-state index contributed by atoms with van der Waals surface area (Å²) in [6, 6.07) is -1.09. The van der Waals surface area contributed by atoms with Gasteiger partial charge in [-0.25, -0.2) is 4.72 Å². The van der Waals surface area contributed by atoms with E-state index in [0.29, 0.717) is 13.1 Å². The fourth-order valence-electron chi connectivity index (χ4n) is 0.636. The maximum Gasteiger partial charge on any atom is 0.168 e. The third-order valence-corrected chi connectivity index (χ3v) is 2.97. The fourth-order valence-corrected chi connectivity index (χ4v) is 1.91. The smallest absolute Gasteiger partial charge is 0.168 e. The molecule has 13 N–H and O–H groups in total. The van der Waals surface area contributed by atoms with Gasteiger partial charge in [-0.2, -0.15) is 0 Å². The first-order valence-electron chi connectivity index (χ1n) is 5.03. The zero-order chi connectivity index (χ0) is 13.9. The minimum atomic E-state index is -3.06. The predicted octanol–water partition coefficient (Wildman–Crippen LogP) is -3.26. The average molecular weight is 334 g/mol. The molecule has 0 aliphatic heterocycles. The molecule has 18 heavy (non-hydrogen) atoms. The second-order valence-corrected chi connectivity index (χ2v) is 5.13. The van der Waals surface area contributed by atoms with Gasteiger partial charge in [0.2, 0.25) is 0 Å². The monoisotopic (exact) mass is 334 g/mol. The molecule has 0 saturated heterocycles. The summed E-state index contributed by atoms with van der Waals surface area (Å²) in [6.07, 6.45) is -1.76. The summed E-state index contributed by atoms with van der Waals surface area (Å²) in [5, 5.41) is 17.2. The molecule has 1 unspecified atom stereocenters. The predicted molar refractivity (Wildman–Crippen MR) is 69.1 cm³/mol. The van der Waals surface area contributed by atoms with E-state index in [-0.39, 0.29) is 35.6 Å². The van der Waals surface area contributed by atoms with Crippen molar-refractivity contribution in [2.75, 3.05) is 31.9 Å². The molecule has 1 radical (unpaired) electrons. The van der Waals surface area contributed by atoms with Crippen molar-refractivity contribution in [2.45, 2.75) is 12.3 Å². The fraction of sp³-hybridized carbons (Fsp3) is 1.00. The van der Waals surface area contributed by atoms with Gasteiger partial charge < -0.3 is 33.1 Å². The summed E-state index contributed by atoms with van der Waals surface area (Å²) in [6.45, 7) is 1.68. The van der Waals surface area contributed by atoms with E-state index in [4.69, 9.17) is 33.1 Å². The SMILES string of the molecule is NCCN.NCCNS(O)(O)CC(N)C(O)O.[Co]. The topological polar surface area (TPSA) is 197 Å². The van der Waals surface area contributed by atoms with E-state index >= 15 is 0 Å². The molecule has 0 heterocycles. The summed E-state index contributed by atoms with van der Waals surface area (Å²) in [4.78, 5) is 0. The van der Waals surface area contributed by atoms with Gasteiger partial charge in [0.1, 0.15) is 0 Å². The van der Waals surface area contributed by atoms with E-state index in [9.17, 15) is 9.11 Å². The van der Waals surface area contributed by atoms with E-state index in [0.717, 1.165) is 0 Å². The third kappa shape index (κ3) is 16.5. The van der Waals surface area contributed by atoms with Crippen LogP contribution in [0.3, 0.4) is 0 Å². The van der Waals surface area contributed by atoms with Crippen LogP contribution in [0, 0.1) is 0 Å². The van der Waals surface area contributed by atoms with Crippen LogP contribution in [0.4, 0.5) is 0 Å². The molecule has 0 aromatic carbocycles. The zero-order valence-corrected chi connectivity index (χ0v) is 11.9. The van der Waals surface area contributed by atoms with Crippen LogP contribution < -0.4 is 27.7 Å². The molecule has 0 saturated carbocycles. The van der Waals surface area contributed by atoms with Gasteiger partial charge in [-0.3, -0.25) is 9.11 Å². The Balaban J connectivity index is -0.000000392. The Morgan fingerprint density at radius 2 is 1.44 bits per heavy atom. The van der Waals surface area contributed by atoms with E-state index in [1.54, 1.807) is 0 Å². The molecule has 0 aliphatic carbocycles. The number of nitrogens with one attached hydrogen (secondary N) is 1. The van der Waals surface area contributed by atoms with Crippen molar-refractivity contribution in [3.63, 3.8) is 0 Å². The van der Waals surface area contributed by atoms with Crippen LogP contribution in [0.2, 0.25) is 0 Å². The van der Waals surface area contributed by atoms with E-state index < -0.39 is 23.1 Å². The summed E-state index contributed by atoms with van der Waals surface area (Å²) >= 11 is 0. The molecular weight excluding hydrogens is 309 g/mol. The third-order valence-electron chi connectivity index (χ3n) is 1.45. The Hall–Kier alpha value is 0.496. The first-order valence-corrected chi connectivity index (χ1v) is 6.74. The number of nitrogens with two attached hydrogens (primary N) is 4. The number of hydrogen-bond donors (Lipinski definition) is 9. The summed E-state index contributed by atoms with van der Waals surface area (Å²) in [7, 11) is -3.06. The zero-order valence-electron chi connectivity index (χ0n) is 10.0. The maximum atomic E-state index is 9.23. The van der Waals surface area contributed by atoms with E-state index in [1.807, 2.05) is 0 Å². The number of aliphatic hydroxyl groups is 2. The second-order valence-electron chi connectivity index (χ2n) is 3.17. The molecule has 11 heteroatoms. The molecule has 0 rings (SSSR count). The molecule has 0 aliphatic rings. The molecule has 0 fully saturated rings. The average Bonchev–Trinajstić information content (AvgIpc) is 2.26. The summed E-state index contributed by atoms with van der Waals surface area (Å²) < 4.78 is 20.8. The first kappa shape index (κ1) is 23.6. The van der Waals surface area contributed by atoms with Crippen LogP contribution in [-0.4, -0.2) is 63.6 Å². The number of rotatable bonds is 7. The van der Waals surface area contributed by atoms with Crippen LogP contribution in [0.1, 0.15) is 0 Å². The number of aliphatic hydroxyl groups excluding tert-OH is 1. The van der Waals surface area contributed by atoms with Gasteiger partial charge in [-0.15, -0.1) is 10.8 Å². The van der Waals surface area contributed by atoms with Crippen LogP contribution in [0.25, 0.3) is 0 Å². The Labute approximate surface area is 119 Å². The molecule has 0 bridgehead atoms. The van der Waals surface area contributed by atoms with Gasteiger partial charge in [0.15, 0.2) is 6.29 Å². The van der Waals surface area contributed by atoms with E-state index in [2.05, 4.69) is 4.72 Å². The van der Waals surface area contributed by atoms with Crippen LogP contribution in [-0.2, 0) is 16.8 Å². The first-order chi connectivity index (χ1) is 7.80. The van der Waals surface area contributed by atoms with Crippen molar-refractivity contribution in [3.05, 3.63) is 0 Å². The molecule has 9 nitrogen and oxygen atoms in total. The van der Waals surface area contributed by atoms with Crippen molar-refractivity contribution in [2.24, 2.45) is 22.9 Å². The maximum absolute atomic E-state index is 9.23. The minimum Gasteiger partial charge on any atom is -0.367 e. The molecule has 0 aromatic rings. The van der Waals surface area contributed by atoms with E-state index in [1.165, 1.54) is 0 Å². The summed E-state index contributed by atoms with van der Waals surface area (Å²) in [5.74, 6) is -0.315. The summed E-state index contributed by atoms with van der Waals surface area (Å²) in [5.41, 5.74) is 20.1. The van der Waals surface area contributed by atoms with Crippen molar-refractivity contribution in [1.29, 1.82) is 0 Å². The minimum absolute atomic E-state index is 0. The second kappa shape index (κ2) is 13.9. The van der Waals surface area contributed by atoms with Crippen molar-refractivity contribution in [1.82, 2.24) is 4.72 Å². The molecule has 0 spiro atoms. The molecule has 0 aromatic heterocycles. The molecule has 0 amide bonds. The van der Waals surface area contributed by atoms with Crippen molar-refractivity contribution < 1.29 is 36.1 Å². The Bertz CT molecular complexity index is 178.